The molecule has 0 radical (unpaired) electrons. The van der Waals surface area contributed by atoms with Crippen LogP contribution < -0.4 is 5.43 Å². The largest absolute Gasteiger partial charge is 0.433 e. The Hall–Kier alpha value is -2.17. The molecule has 1 fully saturated rings. The van der Waals surface area contributed by atoms with Crippen LogP contribution in [0.1, 0.15) is 16.8 Å². The zero-order chi connectivity index (χ0) is 21.3. The third kappa shape index (κ3) is 4.60. The third-order valence-electron chi connectivity index (χ3n) is 5.29. The highest BCUT2D eigenvalue weighted by atomic mass is 32.2. The Balaban J connectivity index is 1.53. The topological polar surface area (TPSA) is 61.4 Å². The van der Waals surface area contributed by atoms with Crippen LogP contribution in [0.2, 0.25) is 0 Å². The van der Waals surface area contributed by atoms with Crippen molar-refractivity contribution in [3.63, 3.8) is 0 Å². The number of hydrazine groups is 1. The van der Waals surface area contributed by atoms with Crippen molar-refractivity contribution < 1.29 is 18.0 Å². The molecule has 1 aromatic heterocycles. The summed E-state index contributed by atoms with van der Waals surface area (Å²) in [5.74, 6) is -0.329. The number of benzene rings is 1. The van der Waals surface area contributed by atoms with Crippen molar-refractivity contribution >= 4 is 17.7 Å². The van der Waals surface area contributed by atoms with Gasteiger partial charge in [0.15, 0.2) is 10.9 Å². The van der Waals surface area contributed by atoms with Crippen LogP contribution in [0.3, 0.4) is 0 Å². The number of piperazine rings is 1. The molecule has 30 heavy (non-hydrogen) atoms. The number of halogens is 3. The molecule has 0 bridgehead atoms. The van der Waals surface area contributed by atoms with Crippen molar-refractivity contribution in [2.24, 2.45) is 0 Å². The Labute approximate surface area is 176 Å². The van der Waals surface area contributed by atoms with Gasteiger partial charge in [-0.25, -0.2) is 15.0 Å². The molecule has 2 aliphatic rings. The normalized spacial score (nSPS) is 17.3. The van der Waals surface area contributed by atoms with Crippen molar-refractivity contribution in [2.75, 3.05) is 39.0 Å². The lowest BCUT2D eigenvalue weighted by atomic mass is 9.88. The van der Waals surface area contributed by atoms with Crippen LogP contribution in [-0.2, 0) is 23.8 Å². The molecule has 1 amide bonds. The summed E-state index contributed by atoms with van der Waals surface area (Å²) in [7, 11) is 2.01. The van der Waals surface area contributed by atoms with Gasteiger partial charge in [0.2, 0.25) is 5.91 Å². The number of carbonyl (C=O) groups excluding carboxylic acids is 1. The summed E-state index contributed by atoms with van der Waals surface area (Å²) in [5, 5.41) is 1.79. The zero-order valence-electron chi connectivity index (χ0n) is 16.5. The van der Waals surface area contributed by atoms with E-state index in [1.54, 1.807) is 12.1 Å². The maximum Gasteiger partial charge on any atom is 0.433 e. The first-order chi connectivity index (χ1) is 14.3. The highest BCUT2D eigenvalue weighted by Gasteiger charge is 2.38. The summed E-state index contributed by atoms with van der Waals surface area (Å²) in [6.45, 7) is 3.10. The predicted molar refractivity (Wildman–Crippen MR) is 108 cm³/mol. The Kier molecular flexibility index (Phi) is 5.99. The van der Waals surface area contributed by atoms with Gasteiger partial charge in [0.05, 0.1) is 11.4 Å². The molecule has 2 heterocycles. The number of hydrogen-bond acceptors (Lipinski definition) is 6. The zero-order valence-corrected chi connectivity index (χ0v) is 17.3. The summed E-state index contributed by atoms with van der Waals surface area (Å²) in [5.41, 5.74) is 4.03. The van der Waals surface area contributed by atoms with E-state index in [1.807, 2.05) is 24.2 Å². The summed E-state index contributed by atoms with van der Waals surface area (Å²) in [4.78, 5) is 22.6. The number of nitrogens with one attached hydrogen (secondary N) is 1. The SMILES string of the molecule is CN1CCN(NC(=O)CSc2nc3c(c(C(F)(F)F)n2)CCc2ccccc2-3)CC1. The van der Waals surface area contributed by atoms with Gasteiger partial charge in [-0.2, -0.15) is 13.2 Å². The van der Waals surface area contributed by atoms with E-state index in [-0.39, 0.29) is 28.8 Å². The third-order valence-corrected chi connectivity index (χ3v) is 6.14. The summed E-state index contributed by atoms with van der Waals surface area (Å²) in [6.07, 6.45) is -3.80. The number of alkyl halides is 3. The molecule has 1 saturated heterocycles. The smallest absolute Gasteiger partial charge is 0.304 e. The average Bonchev–Trinajstić information content (AvgIpc) is 2.72. The molecule has 1 aliphatic carbocycles. The van der Waals surface area contributed by atoms with Gasteiger partial charge < -0.3 is 4.90 Å². The van der Waals surface area contributed by atoms with Gasteiger partial charge in [0.1, 0.15) is 0 Å². The summed E-state index contributed by atoms with van der Waals surface area (Å²) >= 11 is 0.924. The fourth-order valence-corrected chi connectivity index (χ4v) is 4.34. The molecular formula is C20H22F3N5OS. The van der Waals surface area contributed by atoms with Gasteiger partial charge in [0.25, 0.3) is 0 Å². The molecule has 10 heteroatoms. The van der Waals surface area contributed by atoms with E-state index >= 15 is 0 Å². The molecule has 0 unspecified atom stereocenters. The lowest BCUT2D eigenvalue weighted by Gasteiger charge is -2.32. The van der Waals surface area contributed by atoms with Crippen LogP contribution in [0.5, 0.6) is 0 Å². The monoisotopic (exact) mass is 437 g/mol. The van der Waals surface area contributed by atoms with E-state index in [9.17, 15) is 18.0 Å². The maximum atomic E-state index is 13.7. The number of aryl methyl sites for hydroxylation is 1. The second-order valence-corrected chi connectivity index (χ2v) is 8.39. The molecule has 0 saturated carbocycles. The van der Waals surface area contributed by atoms with Crippen LogP contribution >= 0.6 is 11.8 Å². The Bertz CT molecular complexity index is 945. The van der Waals surface area contributed by atoms with Gasteiger partial charge in [0, 0.05) is 37.3 Å². The number of hydrogen-bond donors (Lipinski definition) is 1. The Morgan fingerprint density at radius 1 is 1.13 bits per heavy atom. The van der Waals surface area contributed by atoms with Crippen molar-refractivity contribution in [3.05, 3.63) is 41.1 Å². The average molecular weight is 437 g/mol. The number of amides is 1. The Morgan fingerprint density at radius 3 is 2.60 bits per heavy atom. The second-order valence-electron chi connectivity index (χ2n) is 7.45. The van der Waals surface area contributed by atoms with E-state index < -0.39 is 11.9 Å². The second kappa shape index (κ2) is 8.52. The molecule has 0 atom stereocenters. The highest BCUT2D eigenvalue weighted by Crippen LogP contribution is 2.40. The minimum atomic E-state index is -4.57. The molecule has 2 aromatic rings. The number of nitrogens with zero attached hydrogens (tertiary/aromatic N) is 4. The maximum absolute atomic E-state index is 13.7. The number of fused-ring (bicyclic) bond motifs is 3. The van der Waals surface area contributed by atoms with Crippen LogP contribution in [0.4, 0.5) is 13.2 Å². The molecule has 6 nitrogen and oxygen atoms in total. The minimum absolute atomic E-state index is 0.0358. The van der Waals surface area contributed by atoms with Crippen LogP contribution in [-0.4, -0.2) is 64.8 Å². The predicted octanol–water partition coefficient (Wildman–Crippen LogP) is 2.63. The Morgan fingerprint density at radius 2 is 1.87 bits per heavy atom. The molecule has 1 N–H and O–H groups in total. The first-order valence-corrected chi connectivity index (χ1v) is 10.7. The van der Waals surface area contributed by atoms with Crippen LogP contribution in [0.25, 0.3) is 11.3 Å². The summed E-state index contributed by atoms with van der Waals surface area (Å²) in [6, 6.07) is 7.35. The highest BCUT2D eigenvalue weighted by molar-refractivity contribution is 7.99. The van der Waals surface area contributed by atoms with Gasteiger partial charge in [-0.1, -0.05) is 36.0 Å². The fourth-order valence-electron chi connectivity index (χ4n) is 3.71. The van der Waals surface area contributed by atoms with Gasteiger partial charge in [-0.05, 0) is 25.5 Å². The fraction of sp³-hybridized carbons (Fsp3) is 0.450. The molecular weight excluding hydrogens is 415 g/mol. The van der Waals surface area contributed by atoms with E-state index in [2.05, 4.69) is 20.3 Å². The van der Waals surface area contributed by atoms with E-state index in [4.69, 9.17) is 0 Å². The van der Waals surface area contributed by atoms with Gasteiger partial charge in [-0.3, -0.25) is 10.2 Å². The first-order valence-electron chi connectivity index (χ1n) is 9.73. The quantitative estimate of drug-likeness (QED) is 0.586. The number of rotatable bonds is 4. The van der Waals surface area contributed by atoms with E-state index in [0.717, 1.165) is 30.4 Å². The lowest BCUT2D eigenvalue weighted by Crippen LogP contribution is -2.52. The van der Waals surface area contributed by atoms with E-state index in [0.29, 0.717) is 30.8 Å². The molecule has 0 spiro atoms. The molecule has 160 valence electrons. The van der Waals surface area contributed by atoms with Gasteiger partial charge in [-0.15, -0.1) is 0 Å². The number of aromatic nitrogens is 2. The number of carbonyl (C=O) groups is 1. The summed E-state index contributed by atoms with van der Waals surface area (Å²) < 4.78 is 41.0. The van der Waals surface area contributed by atoms with Crippen molar-refractivity contribution in [1.82, 2.24) is 25.3 Å². The number of likely N-dealkylation sites (N-methyl/N-ethyl adjacent to an activating group) is 1. The van der Waals surface area contributed by atoms with Crippen molar-refractivity contribution in [2.45, 2.75) is 24.2 Å². The number of thioether (sulfide) groups is 1. The molecule has 1 aliphatic heterocycles. The minimum Gasteiger partial charge on any atom is -0.304 e. The van der Waals surface area contributed by atoms with Crippen molar-refractivity contribution in [1.29, 1.82) is 0 Å². The molecule has 1 aromatic carbocycles. The molecule has 4 rings (SSSR count). The van der Waals surface area contributed by atoms with E-state index in [1.165, 1.54) is 0 Å². The van der Waals surface area contributed by atoms with Gasteiger partial charge >= 0.3 is 6.18 Å². The van der Waals surface area contributed by atoms with Crippen molar-refractivity contribution in [3.8, 4) is 11.3 Å². The van der Waals surface area contributed by atoms with Crippen LogP contribution in [0, 0.1) is 0 Å². The first kappa shape index (κ1) is 21.1. The lowest BCUT2D eigenvalue weighted by molar-refractivity contribution is -0.142. The van der Waals surface area contributed by atoms with Crippen LogP contribution in [0.15, 0.2) is 29.4 Å². The standard InChI is InChI=1S/C20H22F3N5OS/c1-27-8-10-28(11-9-27)26-16(29)12-30-19-24-17-14-5-3-2-4-13(14)6-7-15(17)18(25-19)20(21,22)23/h2-5H,6-12H2,1H3,(H,26,29).